The number of aromatic nitrogens is 1. The first-order valence-electron chi connectivity index (χ1n) is 7.01. The number of rotatable bonds is 4. The SMILES string of the molecule is CN=C(NCCC(=O)Nc1ccc(C)cn1)NC(C)(C)C.I. The van der Waals surface area contributed by atoms with E-state index in [2.05, 4.69) is 46.7 Å². The molecule has 1 amide bonds. The molecule has 3 N–H and O–H groups in total. The van der Waals surface area contributed by atoms with Crippen LogP contribution < -0.4 is 16.0 Å². The second-order valence-electron chi connectivity index (χ2n) is 5.89. The smallest absolute Gasteiger partial charge is 0.227 e. The molecule has 6 nitrogen and oxygen atoms in total. The van der Waals surface area contributed by atoms with Crippen LogP contribution in [0.3, 0.4) is 0 Å². The molecule has 1 aromatic rings. The molecule has 0 aliphatic rings. The number of aryl methyl sites for hydroxylation is 1. The Labute approximate surface area is 149 Å². The number of aliphatic imine (C=N–C) groups is 1. The van der Waals surface area contributed by atoms with Crippen molar-refractivity contribution >= 4 is 41.7 Å². The largest absolute Gasteiger partial charge is 0.356 e. The molecule has 0 bridgehead atoms. The summed E-state index contributed by atoms with van der Waals surface area (Å²) in [6.07, 6.45) is 2.07. The molecule has 0 unspecified atom stereocenters. The van der Waals surface area contributed by atoms with Gasteiger partial charge in [0.05, 0.1) is 0 Å². The minimum atomic E-state index is -0.0786. The van der Waals surface area contributed by atoms with Crippen LogP contribution in [0.5, 0.6) is 0 Å². The molecule has 0 aliphatic carbocycles. The molecule has 0 saturated heterocycles. The number of pyridine rings is 1. The summed E-state index contributed by atoms with van der Waals surface area (Å²) in [6, 6.07) is 3.71. The van der Waals surface area contributed by atoms with Crippen molar-refractivity contribution in [2.75, 3.05) is 18.9 Å². The number of hydrogen-bond donors (Lipinski definition) is 3. The molecule has 0 aliphatic heterocycles. The van der Waals surface area contributed by atoms with Crippen LogP contribution in [0.25, 0.3) is 0 Å². The summed E-state index contributed by atoms with van der Waals surface area (Å²) in [6.45, 7) is 8.62. The van der Waals surface area contributed by atoms with Crippen molar-refractivity contribution in [1.82, 2.24) is 15.6 Å². The number of halogens is 1. The monoisotopic (exact) mass is 419 g/mol. The molecule has 1 rings (SSSR count). The molecule has 0 atom stereocenters. The molecule has 0 aromatic carbocycles. The van der Waals surface area contributed by atoms with Gasteiger partial charge in [0.2, 0.25) is 5.91 Å². The topological polar surface area (TPSA) is 78.4 Å². The summed E-state index contributed by atoms with van der Waals surface area (Å²) < 4.78 is 0. The average Bonchev–Trinajstić information content (AvgIpc) is 2.39. The summed E-state index contributed by atoms with van der Waals surface area (Å²) in [4.78, 5) is 20.1. The summed E-state index contributed by atoms with van der Waals surface area (Å²) in [5.74, 6) is 1.18. The Morgan fingerprint density at radius 2 is 2.00 bits per heavy atom. The molecule has 0 fully saturated rings. The molecule has 22 heavy (non-hydrogen) atoms. The molecule has 0 saturated carbocycles. The van der Waals surface area contributed by atoms with Crippen molar-refractivity contribution in [3.8, 4) is 0 Å². The predicted octanol–water partition coefficient (Wildman–Crippen LogP) is 2.30. The minimum Gasteiger partial charge on any atom is -0.356 e. The molecular formula is C15H26IN5O. The van der Waals surface area contributed by atoms with Crippen LogP contribution >= 0.6 is 24.0 Å². The Hall–Kier alpha value is -1.38. The maximum absolute atomic E-state index is 11.8. The van der Waals surface area contributed by atoms with Crippen LogP contribution in [-0.4, -0.2) is 36.0 Å². The van der Waals surface area contributed by atoms with Gasteiger partial charge < -0.3 is 16.0 Å². The number of carbonyl (C=O) groups excluding carboxylic acids is 1. The van der Waals surface area contributed by atoms with Crippen LogP contribution in [0.1, 0.15) is 32.8 Å². The average molecular weight is 419 g/mol. The number of anilines is 1. The highest BCUT2D eigenvalue weighted by Crippen LogP contribution is 2.04. The van der Waals surface area contributed by atoms with Crippen LogP contribution in [0.2, 0.25) is 0 Å². The highest BCUT2D eigenvalue weighted by atomic mass is 127. The number of hydrogen-bond acceptors (Lipinski definition) is 3. The van der Waals surface area contributed by atoms with Gasteiger partial charge in [-0.05, 0) is 39.3 Å². The predicted molar refractivity (Wildman–Crippen MR) is 102 cm³/mol. The molecule has 1 aromatic heterocycles. The molecular weight excluding hydrogens is 393 g/mol. The van der Waals surface area contributed by atoms with Crippen LogP contribution in [-0.2, 0) is 4.79 Å². The van der Waals surface area contributed by atoms with Gasteiger partial charge in [0.1, 0.15) is 5.82 Å². The van der Waals surface area contributed by atoms with Crippen molar-refractivity contribution in [2.24, 2.45) is 4.99 Å². The fourth-order valence-corrected chi connectivity index (χ4v) is 1.58. The van der Waals surface area contributed by atoms with E-state index in [4.69, 9.17) is 0 Å². The van der Waals surface area contributed by atoms with E-state index in [1.54, 1.807) is 19.3 Å². The van der Waals surface area contributed by atoms with E-state index in [1.165, 1.54) is 0 Å². The van der Waals surface area contributed by atoms with Gasteiger partial charge in [-0.25, -0.2) is 4.98 Å². The summed E-state index contributed by atoms with van der Waals surface area (Å²) >= 11 is 0. The van der Waals surface area contributed by atoms with Gasteiger partial charge in [-0.3, -0.25) is 9.79 Å². The zero-order valence-corrected chi connectivity index (χ0v) is 16.2. The van der Waals surface area contributed by atoms with E-state index in [1.807, 2.05) is 13.0 Å². The van der Waals surface area contributed by atoms with Crippen molar-refractivity contribution < 1.29 is 4.79 Å². The lowest BCUT2D eigenvalue weighted by Gasteiger charge is -2.23. The third-order valence-corrected chi connectivity index (χ3v) is 2.54. The zero-order valence-electron chi connectivity index (χ0n) is 13.9. The molecule has 0 radical (unpaired) electrons. The lowest BCUT2D eigenvalue weighted by atomic mass is 10.1. The Balaban J connectivity index is 0.00000441. The lowest BCUT2D eigenvalue weighted by molar-refractivity contribution is -0.116. The van der Waals surface area contributed by atoms with Gasteiger partial charge in [0.25, 0.3) is 0 Å². The van der Waals surface area contributed by atoms with Gasteiger partial charge >= 0.3 is 0 Å². The number of nitrogens with zero attached hydrogens (tertiary/aromatic N) is 2. The second-order valence-corrected chi connectivity index (χ2v) is 5.89. The maximum Gasteiger partial charge on any atom is 0.227 e. The summed E-state index contributed by atoms with van der Waals surface area (Å²) in [5, 5.41) is 9.10. The van der Waals surface area contributed by atoms with E-state index in [-0.39, 0.29) is 35.4 Å². The lowest BCUT2D eigenvalue weighted by Crippen LogP contribution is -2.48. The van der Waals surface area contributed by atoms with Crippen molar-refractivity contribution in [1.29, 1.82) is 0 Å². The molecule has 1 heterocycles. The van der Waals surface area contributed by atoms with Crippen LogP contribution in [0.15, 0.2) is 23.3 Å². The van der Waals surface area contributed by atoms with Crippen LogP contribution in [0, 0.1) is 6.92 Å². The second kappa shape index (κ2) is 9.60. The fraction of sp³-hybridized carbons (Fsp3) is 0.533. The quantitative estimate of drug-likeness (QED) is 0.398. The highest BCUT2D eigenvalue weighted by Gasteiger charge is 2.11. The molecule has 124 valence electrons. The Bertz CT molecular complexity index is 494. The van der Waals surface area contributed by atoms with E-state index in [0.29, 0.717) is 24.7 Å². The highest BCUT2D eigenvalue weighted by molar-refractivity contribution is 14.0. The first-order chi connectivity index (χ1) is 9.80. The Kier molecular flexibility index (Phi) is 9.00. The Morgan fingerprint density at radius 3 is 2.50 bits per heavy atom. The zero-order chi connectivity index (χ0) is 15.9. The van der Waals surface area contributed by atoms with Crippen molar-refractivity contribution in [3.63, 3.8) is 0 Å². The first-order valence-corrected chi connectivity index (χ1v) is 7.01. The van der Waals surface area contributed by atoms with Crippen molar-refractivity contribution in [2.45, 2.75) is 39.7 Å². The number of amides is 1. The number of guanidine groups is 1. The van der Waals surface area contributed by atoms with Gasteiger partial charge in [-0.15, -0.1) is 24.0 Å². The van der Waals surface area contributed by atoms with Crippen molar-refractivity contribution in [3.05, 3.63) is 23.9 Å². The summed E-state index contributed by atoms with van der Waals surface area (Å²) in [7, 11) is 1.71. The maximum atomic E-state index is 11.8. The summed E-state index contributed by atoms with van der Waals surface area (Å²) in [5.41, 5.74) is 0.988. The first kappa shape index (κ1) is 20.6. The number of carbonyl (C=O) groups is 1. The van der Waals surface area contributed by atoms with E-state index >= 15 is 0 Å². The van der Waals surface area contributed by atoms with Gasteiger partial charge in [0.15, 0.2) is 5.96 Å². The van der Waals surface area contributed by atoms with Gasteiger partial charge in [0, 0.05) is 31.7 Å². The normalized spacial score (nSPS) is 11.4. The third kappa shape index (κ3) is 8.81. The van der Waals surface area contributed by atoms with E-state index < -0.39 is 0 Å². The van der Waals surface area contributed by atoms with Gasteiger partial charge in [-0.1, -0.05) is 6.07 Å². The Morgan fingerprint density at radius 1 is 1.32 bits per heavy atom. The van der Waals surface area contributed by atoms with Gasteiger partial charge in [-0.2, -0.15) is 0 Å². The van der Waals surface area contributed by atoms with Crippen LogP contribution in [0.4, 0.5) is 5.82 Å². The number of nitrogens with one attached hydrogen (secondary N) is 3. The minimum absolute atomic E-state index is 0. The molecule has 7 heteroatoms. The van der Waals surface area contributed by atoms with E-state index in [0.717, 1.165) is 5.56 Å². The standard InChI is InChI=1S/C15H25N5O.HI/c1-11-6-7-12(18-10-11)19-13(21)8-9-17-14(16-5)20-15(2,3)4;/h6-7,10H,8-9H2,1-5H3,(H2,16,17,20)(H,18,19,21);1H. The third-order valence-electron chi connectivity index (χ3n) is 2.54. The molecule has 0 spiro atoms. The fourth-order valence-electron chi connectivity index (χ4n) is 1.58. The van der Waals surface area contributed by atoms with E-state index in [9.17, 15) is 4.79 Å².